The molecule has 0 unspecified atom stereocenters. The van der Waals surface area contributed by atoms with Gasteiger partial charge in [-0.2, -0.15) is 0 Å². The van der Waals surface area contributed by atoms with E-state index in [1.165, 1.54) is 0 Å². The third kappa shape index (κ3) is 2.89. The third-order valence-corrected chi connectivity index (χ3v) is 3.34. The molecule has 0 radical (unpaired) electrons. The fourth-order valence-corrected chi connectivity index (χ4v) is 1.98. The molecule has 0 N–H and O–H groups in total. The van der Waals surface area contributed by atoms with Crippen LogP contribution in [0.25, 0.3) is 0 Å². The lowest BCUT2D eigenvalue weighted by molar-refractivity contribution is 0.479. The number of ether oxygens (including phenoxy) is 1. The summed E-state index contributed by atoms with van der Waals surface area (Å²) in [5.74, 6) is 2.24. The first-order chi connectivity index (χ1) is 7.79. The Balaban J connectivity index is 2.18. The number of halogens is 2. The van der Waals surface area contributed by atoms with Crippen LogP contribution in [0.15, 0.2) is 48.5 Å². The molecule has 1 nitrogen and oxygen atoms in total. The summed E-state index contributed by atoms with van der Waals surface area (Å²) in [5, 5.41) is 0. The molecule has 82 valence electrons. The highest BCUT2D eigenvalue weighted by Crippen LogP contribution is 2.26. The first kappa shape index (κ1) is 11.7. The summed E-state index contributed by atoms with van der Waals surface area (Å²) < 4.78 is 6.86. The van der Waals surface area contributed by atoms with Crippen LogP contribution >= 0.6 is 34.2 Å². The first-order valence-corrected chi connectivity index (χ1v) is 6.48. The molecule has 0 atom stereocenters. The lowest BCUT2D eigenvalue weighted by Gasteiger charge is -2.07. The van der Waals surface area contributed by atoms with Crippen LogP contribution in [0.4, 0.5) is 0 Å². The van der Waals surface area contributed by atoms with E-state index in [1.807, 2.05) is 48.5 Å². The fourth-order valence-electron chi connectivity index (χ4n) is 1.30. The molecule has 2 aromatic carbocycles. The van der Waals surface area contributed by atoms with Crippen molar-refractivity contribution in [3.63, 3.8) is 0 Å². The van der Waals surface area contributed by atoms with Crippen LogP contribution in [-0.4, -0.2) is 0 Å². The molecule has 0 bridgehead atoms. The standard InChI is InChI=1S/C13H10ClIO/c14-9-10-5-7-11(8-6-10)16-13-4-2-1-3-12(13)15/h1-8H,9H2. The smallest absolute Gasteiger partial charge is 0.140 e. The van der Waals surface area contributed by atoms with E-state index in [2.05, 4.69) is 22.6 Å². The quantitative estimate of drug-likeness (QED) is 0.573. The Morgan fingerprint density at radius 2 is 1.69 bits per heavy atom. The number of hydrogen-bond donors (Lipinski definition) is 0. The van der Waals surface area contributed by atoms with Gasteiger partial charge in [-0.05, 0) is 52.4 Å². The topological polar surface area (TPSA) is 9.23 Å². The number of benzene rings is 2. The van der Waals surface area contributed by atoms with Gasteiger partial charge >= 0.3 is 0 Å². The minimum absolute atomic E-state index is 0.531. The molecular formula is C13H10ClIO. The van der Waals surface area contributed by atoms with Crippen LogP contribution in [0.1, 0.15) is 5.56 Å². The van der Waals surface area contributed by atoms with Gasteiger partial charge in [-0.1, -0.05) is 24.3 Å². The zero-order valence-corrected chi connectivity index (χ0v) is 11.4. The number of para-hydroxylation sites is 1. The molecule has 2 aromatic rings. The molecule has 16 heavy (non-hydrogen) atoms. The van der Waals surface area contributed by atoms with Crippen molar-refractivity contribution in [2.45, 2.75) is 5.88 Å². The summed E-state index contributed by atoms with van der Waals surface area (Å²) in [6, 6.07) is 15.7. The van der Waals surface area contributed by atoms with E-state index in [4.69, 9.17) is 16.3 Å². The lowest BCUT2D eigenvalue weighted by atomic mass is 10.2. The molecule has 0 aliphatic carbocycles. The van der Waals surface area contributed by atoms with E-state index in [9.17, 15) is 0 Å². The summed E-state index contributed by atoms with van der Waals surface area (Å²) in [4.78, 5) is 0. The molecule has 0 heterocycles. The van der Waals surface area contributed by atoms with E-state index in [0.29, 0.717) is 5.88 Å². The number of hydrogen-bond acceptors (Lipinski definition) is 1. The Morgan fingerprint density at radius 3 is 2.31 bits per heavy atom. The Morgan fingerprint density at radius 1 is 1.00 bits per heavy atom. The summed E-state index contributed by atoms with van der Waals surface area (Å²) in [5.41, 5.74) is 1.09. The van der Waals surface area contributed by atoms with E-state index in [1.54, 1.807) is 0 Å². The summed E-state index contributed by atoms with van der Waals surface area (Å²) in [6.07, 6.45) is 0. The molecule has 2 rings (SSSR count). The van der Waals surface area contributed by atoms with Crippen molar-refractivity contribution in [2.24, 2.45) is 0 Å². The van der Waals surface area contributed by atoms with Gasteiger partial charge in [0, 0.05) is 5.88 Å². The van der Waals surface area contributed by atoms with Crippen molar-refractivity contribution in [2.75, 3.05) is 0 Å². The van der Waals surface area contributed by atoms with Crippen molar-refractivity contribution in [3.8, 4) is 11.5 Å². The van der Waals surface area contributed by atoms with Crippen LogP contribution in [-0.2, 0) is 5.88 Å². The highest BCUT2D eigenvalue weighted by Gasteiger charge is 2.01. The Bertz CT molecular complexity index is 468. The van der Waals surface area contributed by atoms with Gasteiger partial charge in [0.15, 0.2) is 0 Å². The molecule has 0 amide bonds. The molecule has 0 aromatic heterocycles. The van der Waals surface area contributed by atoms with Gasteiger partial charge in [0.2, 0.25) is 0 Å². The second kappa shape index (κ2) is 5.55. The molecule has 0 aliphatic rings. The Kier molecular flexibility index (Phi) is 4.07. The average Bonchev–Trinajstić information content (AvgIpc) is 2.33. The number of rotatable bonds is 3. The van der Waals surface area contributed by atoms with Crippen LogP contribution < -0.4 is 4.74 Å². The molecular weight excluding hydrogens is 334 g/mol. The summed E-state index contributed by atoms with van der Waals surface area (Å²) in [7, 11) is 0. The van der Waals surface area contributed by atoms with Crippen molar-refractivity contribution in [1.82, 2.24) is 0 Å². The van der Waals surface area contributed by atoms with Crippen molar-refractivity contribution in [1.29, 1.82) is 0 Å². The third-order valence-electron chi connectivity index (χ3n) is 2.14. The largest absolute Gasteiger partial charge is 0.456 e. The first-order valence-electron chi connectivity index (χ1n) is 4.87. The minimum Gasteiger partial charge on any atom is -0.456 e. The van der Waals surface area contributed by atoms with Gasteiger partial charge in [-0.25, -0.2) is 0 Å². The van der Waals surface area contributed by atoms with Crippen LogP contribution in [0.3, 0.4) is 0 Å². The van der Waals surface area contributed by atoms with Gasteiger partial charge in [0.05, 0.1) is 3.57 Å². The normalized spacial score (nSPS) is 10.1. The molecule has 0 aliphatic heterocycles. The predicted molar refractivity (Wildman–Crippen MR) is 75.2 cm³/mol. The Hall–Kier alpha value is -0.740. The molecule has 0 saturated heterocycles. The van der Waals surface area contributed by atoms with Gasteiger partial charge in [-0.3, -0.25) is 0 Å². The second-order valence-corrected chi connectivity index (χ2v) is 4.74. The molecule has 3 heteroatoms. The summed E-state index contributed by atoms with van der Waals surface area (Å²) in [6.45, 7) is 0. The fraction of sp³-hybridized carbons (Fsp3) is 0.0769. The SMILES string of the molecule is ClCc1ccc(Oc2ccccc2I)cc1. The predicted octanol–water partition coefficient (Wildman–Crippen LogP) is 4.82. The van der Waals surface area contributed by atoms with Crippen molar-refractivity contribution < 1.29 is 4.74 Å². The van der Waals surface area contributed by atoms with Crippen molar-refractivity contribution >= 4 is 34.2 Å². The van der Waals surface area contributed by atoms with Gasteiger partial charge in [-0.15, -0.1) is 11.6 Å². The Labute approximate surface area is 114 Å². The van der Waals surface area contributed by atoms with E-state index in [0.717, 1.165) is 20.6 Å². The molecule has 0 saturated carbocycles. The van der Waals surface area contributed by atoms with Gasteiger partial charge in [0.1, 0.15) is 11.5 Å². The maximum atomic E-state index is 5.76. The second-order valence-electron chi connectivity index (χ2n) is 3.31. The maximum absolute atomic E-state index is 5.76. The van der Waals surface area contributed by atoms with Crippen LogP contribution in [0.5, 0.6) is 11.5 Å². The maximum Gasteiger partial charge on any atom is 0.140 e. The molecule has 0 fully saturated rings. The monoisotopic (exact) mass is 344 g/mol. The average molecular weight is 345 g/mol. The zero-order valence-electron chi connectivity index (χ0n) is 8.49. The van der Waals surface area contributed by atoms with Crippen LogP contribution in [0.2, 0.25) is 0 Å². The van der Waals surface area contributed by atoms with E-state index >= 15 is 0 Å². The van der Waals surface area contributed by atoms with Gasteiger partial charge in [0.25, 0.3) is 0 Å². The summed E-state index contributed by atoms with van der Waals surface area (Å²) >= 11 is 7.98. The van der Waals surface area contributed by atoms with Crippen LogP contribution in [0, 0.1) is 3.57 Å². The van der Waals surface area contributed by atoms with E-state index in [-0.39, 0.29) is 0 Å². The van der Waals surface area contributed by atoms with E-state index < -0.39 is 0 Å². The van der Waals surface area contributed by atoms with Gasteiger partial charge < -0.3 is 4.74 Å². The molecule has 0 spiro atoms. The number of alkyl halides is 1. The highest BCUT2D eigenvalue weighted by molar-refractivity contribution is 14.1. The zero-order chi connectivity index (χ0) is 11.4. The minimum atomic E-state index is 0.531. The van der Waals surface area contributed by atoms with Crippen molar-refractivity contribution in [3.05, 3.63) is 57.7 Å². The lowest BCUT2D eigenvalue weighted by Crippen LogP contribution is -1.87. The highest BCUT2D eigenvalue weighted by atomic mass is 127.